The normalized spacial score (nSPS) is 16.4. The molecule has 0 spiro atoms. The maximum absolute atomic E-state index is 7.02. The van der Waals surface area contributed by atoms with Gasteiger partial charge in [-0.3, -0.25) is 0 Å². The van der Waals surface area contributed by atoms with E-state index in [4.69, 9.17) is 3.24 Å². The van der Waals surface area contributed by atoms with Gasteiger partial charge in [0.1, 0.15) is 1.37 Å². The van der Waals surface area contributed by atoms with Crippen LogP contribution in [-0.4, -0.2) is 62.1 Å². The molecule has 39 heavy (non-hydrogen) atoms. The van der Waals surface area contributed by atoms with Crippen molar-refractivity contribution in [2.75, 3.05) is 18.0 Å². The molecule has 0 aromatic carbocycles. The molecular weight excluding hydrogens is 729 g/mol. The molecule has 0 N–H and O–H groups in total. The summed E-state index contributed by atoms with van der Waals surface area (Å²) < 4.78 is 19.1. The summed E-state index contributed by atoms with van der Waals surface area (Å²) in [7, 11) is 0. The van der Waals surface area contributed by atoms with Crippen molar-refractivity contribution in [3.63, 3.8) is 0 Å². The summed E-state index contributed by atoms with van der Waals surface area (Å²) in [5, 5.41) is 0. The van der Waals surface area contributed by atoms with Gasteiger partial charge in [0.2, 0.25) is 0 Å². The summed E-state index contributed by atoms with van der Waals surface area (Å²) >= 11 is 0.630. The van der Waals surface area contributed by atoms with E-state index < -0.39 is 24.3 Å². The molecule has 1 atom stereocenters. The van der Waals surface area contributed by atoms with Gasteiger partial charge in [-0.2, -0.15) is 0 Å². The average Bonchev–Trinajstić information content (AvgIpc) is 2.95. The van der Waals surface area contributed by atoms with E-state index in [0.29, 0.717) is 24.2 Å². The van der Waals surface area contributed by atoms with Crippen LogP contribution >= 0.6 is 46.3 Å². The molecule has 0 saturated heterocycles. The number of aliphatic imine (C=N–C) groups is 6. The van der Waals surface area contributed by atoms with Crippen LogP contribution in [-0.2, 0) is 0 Å². The third-order valence-electron chi connectivity index (χ3n) is 5.25. The molecular formula is C30H57I2N6P. The number of halogens is 2. The Morgan fingerprint density at radius 2 is 1.33 bits per heavy atom. The van der Waals surface area contributed by atoms with Gasteiger partial charge in [-0.05, 0) is 66.7 Å². The first-order valence-electron chi connectivity index (χ1n) is 15.7. The molecule has 1 unspecified atom stereocenters. The first-order valence-corrected chi connectivity index (χ1v) is 23.0. The van der Waals surface area contributed by atoms with E-state index in [9.17, 15) is 0 Å². The molecule has 0 radical (unpaired) electrons. The molecule has 2 saturated carbocycles. The minimum atomic E-state index is -1.42. The van der Waals surface area contributed by atoms with Gasteiger partial charge in [0.15, 0.2) is 0 Å². The predicted octanol–water partition coefficient (Wildman–Crippen LogP) is 10.3. The number of terminal acetylenes is 1. The average molecular weight is 790 g/mol. The van der Waals surface area contributed by atoms with E-state index in [1.807, 2.05) is 61.6 Å². The molecule has 2 aliphatic carbocycles. The fourth-order valence-electron chi connectivity index (χ4n) is 3.29. The Morgan fingerprint density at radius 1 is 0.897 bits per heavy atom. The fraction of sp³-hybridized carbons (Fsp3) is 0.833. The summed E-state index contributed by atoms with van der Waals surface area (Å²) in [5.74, 6) is 0. The fourth-order valence-corrected chi connectivity index (χ4v) is 3.29. The first kappa shape index (κ1) is 36.6. The van der Waals surface area contributed by atoms with Gasteiger partial charge in [-0.15, -0.1) is 12.8 Å². The molecule has 0 amide bonds. The standard InChI is InChI=1S/C13H22N2.2C7H14N2.C2H2.CH5I2P/c1-3-7-12(8-4-1)14-11-15-13-9-5-2-6-10-13;1-6(2)8-5-9-7(3)4;1-3-5-6-9-7-8-4-2;1-2;1-3-4-2/h12-13H,1-10H2;6-7H,1-4H3;3-6H2,1-2H3;1-2H;3-4H,1H3/i;;;1D;3D,4D. The number of unbranched alkanes of at least 4 members (excludes halogenated alkanes) is 1. The van der Waals surface area contributed by atoms with Crippen molar-refractivity contribution in [3.8, 4) is 12.8 Å². The number of alkyl halides is 1. The minimum absolute atomic E-state index is 0.312. The van der Waals surface area contributed by atoms with Crippen molar-refractivity contribution < 1.29 is 1.37 Å². The number of hydrogen-bond donors (Lipinski definition) is 0. The van der Waals surface area contributed by atoms with E-state index in [1.54, 1.807) is 0 Å². The Morgan fingerprint density at radius 3 is 1.67 bits per heavy atom. The summed E-state index contributed by atoms with van der Waals surface area (Å²) in [6.45, 7) is 13.8. The van der Waals surface area contributed by atoms with Crippen LogP contribution in [0.4, 0.5) is 0 Å². The monoisotopic (exact) mass is 789 g/mol. The number of hydrogen-bond acceptors (Lipinski definition) is 6. The van der Waals surface area contributed by atoms with E-state index in [2.05, 4.69) is 61.3 Å². The van der Waals surface area contributed by atoms with Gasteiger partial charge < -0.3 is 0 Å². The molecule has 2 fully saturated rings. The van der Waals surface area contributed by atoms with Gasteiger partial charge in [0.25, 0.3) is 0 Å². The molecule has 9 heteroatoms. The van der Waals surface area contributed by atoms with Crippen molar-refractivity contribution in [1.29, 1.82) is 1.87 Å². The number of rotatable bonds is 9. The molecule has 2 rings (SSSR count). The van der Waals surface area contributed by atoms with Crippen LogP contribution in [0.5, 0.6) is 0 Å². The molecule has 0 aromatic heterocycles. The molecule has 226 valence electrons. The zero-order valence-electron chi connectivity index (χ0n) is 28.7. The van der Waals surface area contributed by atoms with Crippen LogP contribution in [0.1, 0.15) is 120 Å². The maximum atomic E-state index is 7.02. The molecule has 0 aromatic rings. The van der Waals surface area contributed by atoms with Crippen LogP contribution in [0.15, 0.2) is 30.0 Å². The molecule has 0 aliphatic heterocycles. The third kappa shape index (κ3) is 39.8. The topological polar surface area (TPSA) is 74.2 Å². The summed E-state index contributed by atoms with van der Waals surface area (Å²) in [5.41, 5.74) is 0. The molecule has 0 heterocycles. The van der Waals surface area contributed by atoms with E-state index in [-0.39, 0.29) is 0 Å². The predicted molar refractivity (Wildman–Crippen MR) is 197 cm³/mol. The van der Waals surface area contributed by atoms with Crippen molar-refractivity contribution in [1.82, 2.24) is 0 Å². The Hall–Kier alpha value is -0.410. The quantitative estimate of drug-likeness (QED) is 0.0557. The van der Waals surface area contributed by atoms with Crippen molar-refractivity contribution in [3.05, 3.63) is 0 Å². The summed E-state index contributed by atoms with van der Waals surface area (Å²) in [4.78, 5) is 26.5. The second kappa shape index (κ2) is 37.6. The zero-order chi connectivity index (χ0) is 32.4. The van der Waals surface area contributed by atoms with Crippen LogP contribution in [0.3, 0.4) is 0 Å². The second-order valence-electron chi connectivity index (χ2n) is 9.53. The Bertz CT molecular complexity index is 779. The van der Waals surface area contributed by atoms with Crippen LogP contribution in [0.25, 0.3) is 0 Å². The number of nitrogens with zero attached hydrogens (tertiary/aromatic N) is 6. The van der Waals surface area contributed by atoms with E-state index in [0.717, 1.165) is 19.5 Å². The van der Waals surface area contributed by atoms with Gasteiger partial charge in [0, 0.05) is 13.1 Å². The third-order valence-corrected chi connectivity index (χ3v) is 13.8. The molecule has 0 bridgehead atoms. The zero-order valence-corrected chi connectivity index (χ0v) is 30.9. The summed E-state index contributed by atoms with van der Waals surface area (Å²) in [6.07, 6.45) is 21.3. The van der Waals surface area contributed by atoms with Crippen molar-refractivity contribution in [2.24, 2.45) is 30.0 Å². The van der Waals surface area contributed by atoms with Crippen molar-refractivity contribution >= 4 is 64.3 Å². The van der Waals surface area contributed by atoms with Gasteiger partial charge >= 0.3 is 53.1 Å². The second-order valence-corrected chi connectivity index (χ2v) is 21.3. The SMILES string of the molecule is C(=NC1CCCCC1)=NC1CCCCC1.CC(C)N=C=NC(C)C.CCCCN=C=NCC.[2H]C#C.[2H]P(I)I([2H])C. The van der Waals surface area contributed by atoms with Gasteiger partial charge in [0.05, 0.1) is 42.2 Å². The first-order chi connectivity index (χ1) is 20.0. The molecule has 2 aliphatic rings. The van der Waals surface area contributed by atoms with Crippen LogP contribution < -0.4 is 0 Å². The summed E-state index contributed by atoms with van der Waals surface area (Å²) in [6, 6.07) is 9.92. The van der Waals surface area contributed by atoms with Gasteiger partial charge in [-0.25, -0.2) is 30.0 Å². The van der Waals surface area contributed by atoms with Crippen molar-refractivity contribution in [2.45, 2.75) is 143 Å². The Kier molecular flexibility index (Phi) is 35.3. The molecule has 6 nitrogen and oxygen atoms in total. The van der Waals surface area contributed by atoms with E-state index >= 15 is 0 Å². The van der Waals surface area contributed by atoms with E-state index in [1.165, 1.54) is 77.0 Å². The van der Waals surface area contributed by atoms with Crippen LogP contribution in [0.2, 0.25) is 0 Å². The van der Waals surface area contributed by atoms with Crippen LogP contribution in [0, 0.1) is 12.8 Å². The van der Waals surface area contributed by atoms with Gasteiger partial charge in [-0.1, -0.05) is 51.9 Å². The Labute approximate surface area is 269 Å². The Balaban J connectivity index is -0.000000494.